The van der Waals surface area contributed by atoms with Crippen molar-refractivity contribution in [3.8, 4) is 5.75 Å². The number of benzene rings is 1. The Morgan fingerprint density at radius 3 is 2.75 bits per heavy atom. The quantitative estimate of drug-likeness (QED) is 0.349. The molecule has 5 nitrogen and oxygen atoms in total. The van der Waals surface area contributed by atoms with Gasteiger partial charge in [0.05, 0.1) is 0 Å². The topological polar surface area (TPSA) is 71.1 Å². The first-order chi connectivity index (χ1) is 7.54. The minimum atomic E-state index is -0.456. The van der Waals surface area contributed by atoms with Gasteiger partial charge in [0.1, 0.15) is 5.75 Å². The van der Waals surface area contributed by atoms with Crippen molar-refractivity contribution in [1.29, 1.82) is 0 Å². The first-order valence-electron chi connectivity index (χ1n) is 4.96. The number of rotatable bonds is 4. The summed E-state index contributed by atoms with van der Waals surface area (Å²) in [6, 6.07) is 7.58. The molecular weight excluding hydrogens is 206 g/mol. The Kier molecular flexibility index (Phi) is 3.99. The maximum atomic E-state index is 8.50. The molecule has 88 valence electrons. The molecule has 0 spiro atoms. The molecule has 0 aromatic heterocycles. The highest BCUT2D eigenvalue weighted by molar-refractivity contribution is 5.84. The Hall–Kier alpha value is -1.91. The molecule has 1 rings (SSSR count). The minimum absolute atomic E-state index is 0.0512. The summed E-state index contributed by atoms with van der Waals surface area (Å²) in [4.78, 5) is 1.97. The van der Waals surface area contributed by atoms with Crippen LogP contribution in [-0.2, 0) is 0 Å². The van der Waals surface area contributed by atoms with Gasteiger partial charge in [-0.1, -0.05) is 11.2 Å². The van der Waals surface area contributed by atoms with Gasteiger partial charge in [0.25, 0.3) is 0 Å². The van der Waals surface area contributed by atoms with Crippen LogP contribution in [0.25, 0.3) is 0 Å². The summed E-state index contributed by atoms with van der Waals surface area (Å²) < 4.78 is 5.52. The molecule has 0 fully saturated rings. The fourth-order valence-electron chi connectivity index (χ4n) is 1.18. The van der Waals surface area contributed by atoms with E-state index in [9.17, 15) is 0 Å². The SMILES string of the molecule is CC(Oc1cccc(N(C)C)c1)C(N)=NO. The van der Waals surface area contributed by atoms with Crippen molar-refractivity contribution in [2.45, 2.75) is 13.0 Å². The standard InChI is InChI=1S/C11H17N3O2/c1-8(11(12)13-15)16-10-6-4-5-9(7-10)14(2)3/h4-8,15H,1-3H3,(H2,12,13). The van der Waals surface area contributed by atoms with Crippen LogP contribution in [0, 0.1) is 0 Å². The number of ether oxygens (including phenoxy) is 1. The van der Waals surface area contributed by atoms with E-state index in [4.69, 9.17) is 15.7 Å². The second kappa shape index (κ2) is 5.25. The van der Waals surface area contributed by atoms with Gasteiger partial charge in [-0.25, -0.2) is 0 Å². The third-order valence-corrected chi connectivity index (χ3v) is 2.18. The van der Waals surface area contributed by atoms with E-state index < -0.39 is 6.10 Å². The Labute approximate surface area is 95.1 Å². The van der Waals surface area contributed by atoms with Crippen molar-refractivity contribution in [2.24, 2.45) is 10.9 Å². The lowest BCUT2D eigenvalue weighted by molar-refractivity contribution is 0.265. The molecule has 0 heterocycles. The molecule has 0 radical (unpaired) electrons. The predicted molar refractivity (Wildman–Crippen MR) is 64.3 cm³/mol. The Balaban J connectivity index is 2.78. The van der Waals surface area contributed by atoms with Crippen LogP contribution >= 0.6 is 0 Å². The highest BCUT2D eigenvalue weighted by Crippen LogP contribution is 2.20. The lowest BCUT2D eigenvalue weighted by Gasteiger charge is -2.16. The molecule has 1 aromatic rings. The van der Waals surface area contributed by atoms with E-state index in [-0.39, 0.29) is 5.84 Å². The molecule has 0 amide bonds. The summed E-state index contributed by atoms with van der Waals surface area (Å²) in [5, 5.41) is 11.4. The van der Waals surface area contributed by atoms with Gasteiger partial charge in [-0.3, -0.25) is 0 Å². The molecule has 0 aliphatic rings. The second-order valence-electron chi connectivity index (χ2n) is 3.68. The summed E-state index contributed by atoms with van der Waals surface area (Å²) >= 11 is 0. The zero-order valence-electron chi connectivity index (χ0n) is 9.71. The number of amidine groups is 1. The number of anilines is 1. The van der Waals surface area contributed by atoms with Crippen LogP contribution < -0.4 is 15.4 Å². The van der Waals surface area contributed by atoms with Gasteiger partial charge in [-0.05, 0) is 19.1 Å². The molecule has 0 saturated heterocycles. The fourth-order valence-corrected chi connectivity index (χ4v) is 1.18. The summed E-state index contributed by atoms with van der Waals surface area (Å²) in [6.45, 7) is 1.72. The molecule has 0 aliphatic heterocycles. The molecule has 0 aliphatic carbocycles. The van der Waals surface area contributed by atoms with Crippen LogP contribution in [-0.4, -0.2) is 31.2 Å². The van der Waals surface area contributed by atoms with E-state index in [2.05, 4.69) is 5.16 Å². The van der Waals surface area contributed by atoms with E-state index in [0.29, 0.717) is 5.75 Å². The molecule has 1 atom stereocenters. The van der Waals surface area contributed by atoms with E-state index in [1.165, 1.54) is 0 Å². The number of hydrogen-bond donors (Lipinski definition) is 2. The molecule has 3 N–H and O–H groups in total. The maximum Gasteiger partial charge on any atom is 0.180 e. The molecule has 1 aromatic carbocycles. The fraction of sp³-hybridized carbons (Fsp3) is 0.364. The molecule has 5 heteroatoms. The Morgan fingerprint density at radius 2 is 2.19 bits per heavy atom. The molecular formula is C11H17N3O2. The Morgan fingerprint density at radius 1 is 1.50 bits per heavy atom. The monoisotopic (exact) mass is 223 g/mol. The lowest BCUT2D eigenvalue weighted by atomic mass is 10.3. The third-order valence-electron chi connectivity index (χ3n) is 2.18. The molecule has 0 saturated carbocycles. The molecule has 0 bridgehead atoms. The summed E-state index contributed by atoms with van der Waals surface area (Å²) in [7, 11) is 3.90. The van der Waals surface area contributed by atoms with Crippen molar-refractivity contribution < 1.29 is 9.94 Å². The van der Waals surface area contributed by atoms with E-state index >= 15 is 0 Å². The van der Waals surface area contributed by atoms with Gasteiger partial charge in [0, 0.05) is 25.8 Å². The van der Waals surface area contributed by atoms with Crippen LogP contribution in [0.3, 0.4) is 0 Å². The largest absolute Gasteiger partial charge is 0.483 e. The number of hydrogen-bond acceptors (Lipinski definition) is 4. The minimum Gasteiger partial charge on any atom is -0.483 e. The second-order valence-corrected chi connectivity index (χ2v) is 3.68. The van der Waals surface area contributed by atoms with Crippen LogP contribution in [0.5, 0.6) is 5.75 Å². The van der Waals surface area contributed by atoms with Gasteiger partial charge >= 0.3 is 0 Å². The number of nitrogens with two attached hydrogens (primary N) is 1. The summed E-state index contributed by atoms with van der Waals surface area (Å²) in [6.07, 6.45) is -0.456. The normalized spacial score (nSPS) is 13.3. The van der Waals surface area contributed by atoms with Gasteiger partial charge < -0.3 is 20.6 Å². The number of nitrogens with zero attached hydrogens (tertiary/aromatic N) is 2. The van der Waals surface area contributed by atoms with Crippen molar-refractivity contribution in [3.05, 3.63) is 24.3 Å². The zero-order chi connectivity index (χ0) is 12.1. The van der Waals surface area contributed by atoms with Crippen molar-refractivity contribution in [1.82, 2.24) is 0 Å². The first kappa shape index (κ1) is 12.2. The average molecular weight is 223 g/mol. The molecule has 1 unspecified atom stereocenters. The van der Waals surface area contributed by atoms with Crippen molar-refractivity contribution in [2.75, 3.05) is 19.0 Å². The average Bonchev–Trinajstić information content (AvgIpc) is 2.28. The lowest BCUT2D eigenvalue weighted by Crippen LogP contribution is -2.31. The Bertz CT molecular complexity index is 377. The maximum absolute atomic E-state index is 8.50. The van der Waals surface area contributed by atoms with Crippen LogP contribution in [0.2, 0.25) is 0 Å². The highest BCUT2D eigenvalue weighted by Gasteiger charge is 2.09. The smallest absolute Gasteiger partial charge is 0.180 e. The van der Waals surface area contributed by atoms with E-state index in [0.717, 1.165) is 5.69 Å². The van der Waals surface area contributed by atoms with E-state index in [1.807, 2.05) is 43.3 Å². The number of oxime groups is 1. The van der Waals surface area contributed by atoms with Gasteiger partial charge in [-0.15, -0.1) is 0 Å². The van der Waals surface area contributed by atoms with Gasteiger partial charge in [0.2, 0.25) is 0 Å². The van der Waals surface area contributed by atoms with Gasteiger partial charge in [0.15, 0.2) is 11.9 Å². The molecule has 16 heavy (non-hydrogen) atoms. The van der Waals surface area contributed by atoms with Gasteiger partial charge in [-0.2, -0.15) is 0 Å². The zero-order valence-corrected chi connectivity index (χ0v) is 9.71. The van der Waals surface area contributed by atoms with Crippen molar-refractivity contribution in [3.63, 3.8) is 0 Å². The highest BCUT2D eigenvalue weighted by atomic mass is 16.5. The van der Waals surface area contributed by atoms with Crippen LogP contribution in [0.1, 0.15) is 6.92 Å². The summed E-state index contributed by atoms with van der Waals surface area (Å²) in [5.41, 5.74) is 6.46. The first-order valence-corrected chi connectivity index (χ1v) is 4.96. The van der Waals surface area contributed by atoms with Crippen LogP contribution in [0.4, 0.5) is 5.69 Å². The predicted octanol–water partition coefficient (Wildman–Crippen LogP) is 1.27. The van der Waals surface area contributed by atoms with Crippen molar-refractivity contribution >= 4 is 11.5 Å². The summed E-state index contributed by atoms with van der Waals surface area (Å²) in [5.74, 6) is 0.737. The van der Waals surface area contributed by atoms with Crippen LogP contribution in [0.15, 0.2) is 29.4 Å². The third kappa shape index (κ3) is 3.05. The van der Waals surface area contributed by atoms with E-state index in [1.54, 1.807) is 6.92 Å².